The Morgan fingerprint density at radius 1 is 1.24 bits per heavy atom. The number of imidazole rings is 1. The van der Waals surface area contributed by atoms with Crippen LogP contribution < -0.4 is 10.6 Å². The Balaban J connectivity index is 1.95. The fourth-order valence-corrected chi connectivity index (χ4v) is 1.81. The fourth-order valence-electron chi connectivity index (χ4n) is 1.81. The lowest BCUT2D eigenvalue weighted by molar-refractivity contribution is -0.137. The highest BCUT2D eigenvalue weighted by molar-refractivity contribution is 5.49. The smallest absolute Gasteiger partial charge is 0.373 e. The molecule has 8 heteroatoms. The van der Waals surface area contributed by atoms with E-state index in [0.717, 1.165) is 25.1 Å². The molecule has 0 aliphatic carbocycles. The Labute approximate surface area is 120 Å². The van der Waals surface area contributed by atoms with E-state index in [1.54, 1.807) is 12.5 Å². The molecule has 21 heavy (non-hydrogen) atoms. The van der Waals surface area contributed by atoms with Gasteiger partial charge in [-0.05, 0) is 18.6 Å². The predicted molar refractivity (Wildman–Crippen MR) is 74.1 cm³/mol. The second-order valence-electron chi connectivity index (χ2n) is 4.45. The van der Waals surface area contributed by atoms with Crippen molar-refractivity contribution >= 4 is 11.6 Å². The maximum absolute atomic E-state index is 12.8. The normalized spacial score (nSPS) is 11.4. The van der Waals surface area contributed by atoms with E-state index in [4.69, 9.17) is 0 Å². The van der Waals surface area contributed by atoms with Gasteiger partial charge < -0.3 is 15.2 Å². The van der Waals surface area contributed by atoms with Gasteiger partial charge in [0.1, 0.15) is 11.6 Å². The largest absolute Gasteiger partial charge is 0.416 e. The first-order valence-electron chi connectivity index (χ1n) is 6.45. The van der Waals surface area contributed by atoms with Crippen LogP contribution in [-0.4, -0.2) is 28.1 Å². The molecule has 0 aliphatic rings. The third-order valence-electron chi connectivity index (χ3n) is 2.87. The van der Waals surface area contributed by atoms with Gasteiger partial charge in [0, 0.05) is 32.5 Å². The maximum atomic E-state index is 12.8. The van der Waals surface area contributed by atoms with Gasteiger partial charge >= 0.3 is 6.18 Å². The summed E-state index contributed by atoms with van der Waals surface area (Å²) in [5.41, 5.74) is -0.723. The number of hydrogen-bond acceptors (Lipinski definition) is 4. The number of hydrogen-bond donors (Lipinski definition) is 2. The number of aryl methyl sites for hydroxylation is 1. The zero-order valence-electron chi connectivity index (χ0n) is 11.5. The Morgan fingerprint density at radius 2 is 2.00 bits per heavy atom. The number of nitrogens with one attached hydrogen (secondary N) is 2. The number of aromatic nitrogens is 3. The SMILES string of the molecule is CNc1cc(C(F)(F)F)cc(NCCCn2ccnc2)n1. The molecule has 0 bridgehead atoms. The van der Waals surface area contributed by atoms with Crippen LogP contribution in [0.2, 0.25) is 0 Å². The van der Waals surface area contributed by atoms with Gasteiger partial charge in [-0.3, -0.25) is 0 Å². The van der Waals surface area contributed by atoms with Crippen LogP contribution in [0.25, 0.3) is 0 Å². The quantitative estimate of drug-likeness (QED) is 0.805. The number of pyridine rings is 1. The Bertz CT molecular complexity index is 566. The van der Waals surface area contributed by atoms with Crippen molar-refractivity contribution in [1.82, 2.24) is 14.5 Å². The molecule has 2 N–H and O–H groups in total. The summed E-state index contributed by atoms with van der Waals surface area (Å²) in [5, 5.41) is 5.54. The molecule has 2 aromatic rings. The highest BCUT2D eigenvalue weighted by Crippen LogP contribution is 2.31. The molecule has 2 heterocycles. The Morgan fingerprint density at radius 3 is 2.62 bits per heavy atom. The first kappa shape index (κ1) is 15.1. The molecule has 2 rings (SSSR count). The summed E-state index contributed by atoms with van der Waals surface area (Å²) >= 11 is 0. The van der Waals surface area contributed by atoms with Crippen molar-refractivity contribution < 1.29 is 13.2 Å². The van der Waals surface area contributed by atoms with E-state index in [2.05, 4.69) is 20.6 Å². The van der Waals surface area contributed by atoms with Gasteiger partial charge in [-0.25, -0.2) is 9.97 Å². The lowest BCUT2D eigenvalue weighted by Crippen LogP contribution is -2.11. The Hall–Kier alpha value is -2.25. The third kappa shape index (κ3) is 4.37. The molecule has 0 saturated carbocycles. The van der Waals surface area contributed by atoms with Crippen molar-refractivity contribution in [2.24, 2.45) is 0 Å². The summed E-state index contributed by atoms with van der Waals surface area (Å²) < 4.78 is 40.2. The number of anilines is 2. The molecule has 114 valence electrons. The highest BCUT2D eigenvalue weighted by atomic mass is 19.4. The van der Waals surface area contributed by atoms with Gasteiger partial charge in [-0.15, -0.1) is 0 Å². The number of nitrogens with zero attached hydrogens (tertiary/aromatic N) is 3. The minimum atomic E-state index is -4.39. The van der Waals surface area contributed by atoms with Gasteiger partial charge in [0.2, 0.25) is 0 Å². The van der Waals surface area contributed by atoms with Crippen LogP contribution in [0.3, 0.4) is 0 Å². The van der Waals surface area contributed by atoms with E-state index in [1.165, 1.54) is 7.05 Å². The van der Waals surface area contributed by atoms with Gasteiger partial charge in [0.25, 0.3) is 0 Å². The van der Waals surface area contributed by atoms with E-state index < -0.39 is 11.7 Å². The average molecular weight is 299 g/mol. The predicted octanol–water partition coefficient (Wildman–Crippen LogP) is 2.84. The van der Waals surface area contributed by atoms with Crippen molar-refractivity contribution in [3.63, 3.8) is 0 Å². The van der Waals surface area contributed by atoms with Crippen LogP contribution in [-0.2, 0) is 12.7 Å². The second-order valence-corrected chi connectivity index (χ2v) is 4.45. The molecular weight excluding hydrogens is 283 g/mol. The minimum Gasteiger partial charge on any atom is -0.373 e. The van der Waals surface area contributed by atoms with Gasteiger partial charge in [0.15, 0.2) is 0 Å². The van der Waals surface area contributed by atoms with Crippen LogP contribution in [0.5, 0.6) is 0 Å². The first-order valence-corrected chi connectivity index (χ1v) is 6.45. The molecule has 5 nitrogen and oxygen atoms in total. The fraction of sp³-hybridized carbons (Fsp3) is 0.385. The molecule has 0 aliphatic heterocycles. The summed E-state index contributed by atoms with van der Waals surface area (Å²) in [7, 11) is 1.53. The lowest BCUT2D eigenvalue weighted by Gasteiger charge is -2.12. The third-order valence-corrected chi connectivity index (χ3v) is 2.87. The zero-order chi connectivity index (χ0) is 15.3. The number of halogens is 3. The molecule has 0 atom stereocenters. The summed E-state index contributed by atoms with van der Waals surface area (Å²) in [6.07, 6.45) is 1.58. The van der Waals surface area contributed by atoms with Crippen molar-refractivity contribution in [3.05, 3.63) is 36.4 Å². The summed E-state index contributed by atoms with van der Waals surface area (Å²) in [6, 6.07) is 1.99. The highest BCUT2D eigenvalue weighted by Gasteiger charge is 2.31. The number of rotatable bonds is 6. The monoisotopic (exact) mass is 299 g/mol. The molecule has 0 amide bonds. The zero-order valence-corrected chi connectivity index (χ0v) is 11.5. The minimum absolute atomic E-state index is 0.182. The van der Waals surface area contributed by atoms with Crippen LogP contribution in [0.15, 0.2) is 30.9 Å². The van der Waals surface area contributed by atoms with Crippen LogP contribution >= 0.6 is 0 Å². The van der Waals surface area contributed by atoms with E-state index in [1.807, 2.05) is 10.8 Å². The average Bonchev–Trinajstić information content (AvgIpc) is 2.95. The maximum Gasteiger partial charge on any atom is 0.416 e. The molecule has 0 saturated heterocycles. The van der Waals surface area contributed by atoms with E-state index >= 15 is 0 Å². The van der Waals surface area contributed by atoms with Crippen LogP contribution in [0.1, 0.15) is 12.0 Å². The first-order chi connectivity index (χ1) is 9.99. The molecular formula is C13H16F3N5. The lowest BCUT2D eigenvalue weighted by atomic mass is 10.2. The molecule has 0 aromatic carbocycles. The van der Waals surface area contributed by atoms with Crippen molar-refractivity contribution in [3.8, 4) is 0 Å². The topological polar surface area (TPSA) is 54.8 Å². The van der Waals surface area contributed by atoms with Gasteiger partial charge in [-0.1, -0.05) is 0 Å². The Kier molecular flexibility index (Phi) is 4.66. The van der Waals surface area contributed by atoms with Gasteiger partial charge in [-0.2, -0.15) is 13.2 Å². The molecule has 0 fully saturated rings. The summed E-state index contributed by atoms with van der Waals surface area (Å²) in [4.78, 5) is 7.98. The molecule has 2 aromatic heterocycles. The van der Waals surface area contributed by atoms with Crippen LogP contribution in [0, 0.1) is 0 Å². The summed E-state index contributed by atoms with van der Waals surface area (Å²) in [6.45, 7) is 1.26. The van der Waals surface area contributed by atoms with Crippen LogP contribution in [0.4, 0.5) is 24.8 Å². The van der Waals surface area contributed by atoms with Crippen molar-refractivity contribution in [2.75, 3.05) is 24.2 Å². The second kappa shape index (κ2) is 6.47. The van der Waals surface area contributed by atoms with Crippen molar-refractivity contribution in [2.45, 2.75) is 19.1 Å². The number of alkyl halides is 3. The molecule has 0 unspecified atom stereocenters. The van der Waals surface area contributed by atoms with E-state index in [-0.39, 0.29) is 11.6 Å². The van der Waals surface area contributed by atoms with E-state index in [9.17, 15) is 13.2 Å². The molecule has 0 radical (unpaired) electrons. The van der Waals surface area contributed by atoms with E-state index in [0.29, 0.717) is 6.54 Å². The van der Waals surface area contributed by atoms with Gasteiger partial charge in [0.05, 0.1) is 11.9 Å². The molecule has 0 spiro atoms. The van der Waals surface area contributed by atoms with Crippen molar-refractivity contribution in [1.29, 1.82) is 0 Å². The summed E-state index contributed by atoms with van der Waals surface area (Å²) in [5.74, 6) is 0.391. The standard InChI is InChI=1S/C13H16F3N5/c1-17-11-7-10(13(14,15)16)8-12(20-11)19-3-2-5-21-6-4-18-9-21/h4,6-9H,2-3,5H2,1H3,(H2,17,19,20).